The van der Waals surface area contributed by atoms with Crippen molar-refractivity contribution < 1.29 is 13.5 Å². The quantitative estimate of drug-likeness (QED) is 0.510. The van der Waals surface area contributed by atoms with Crippen molar-refractivity contribution in [1.82, 2.24) is 0 Å². The van der Waals surface area contributed by atoms with Gasteiger partial charge in [0, 0.05) is 8.80 Å². The standard InChI is InChI=1S/C22H28F2OSi/c1-16(2)15-26-13-11-20(12-14-26)18-5-3-17(4-6-18)19-7-9-21(10-8-19)25-22(23)24/h3-10,16,20,22,26H,11-15H2,1-2H3/t20-,26-. The first-order valence-corrected chi connectivity index (χ1v) is 12.1. The normalized spacial score (nSPS) is 20.5. The van der Waals surface area contributed by atoms with Crippen LogP contribution in [0, 0.1) is 5.92 Å². The van der Waals surface area contributed by atoms with E-state index >= 15 is 0 Å². The summed E-state index contributed by atoms with van der Waals surface area (Å²) in [4.78, 5) is 0. The SMILES string of the molecule is CC(C)C[Si@H]1CC[C@H](c2ccc(-c3ccc(OC(F)F)cc3)cc2)CC1. The van der Waals surface area contributed by atoms with E-state index < -0.39 is 15.4 Å². The zero-order valence-corrected chi connectivity index (χ0v) is 16.8. The Morgan fingerprint density at radius 3 is 1.96 bits per heavy atom. The maximum atomic E-state index is 12.2. The summed E-state index contributed by atoms with van der Waals surface area (Å²) in [6.45, 7) is 1.92. The summed E-state index contributed by atoms with van der Waals surface area (Å²) in [5, 5.41) is 0. The van der Waals surface area contributed by atoms with Crippen LogP contribution >= 0.6 is 0 Å². The van der Waals surface area contributed by atoms with E-state index in [-0.39, 0.29) is 5.75 Å². The molecule has 0 spiro atoms. The fraction of sp³-hybridized carbons (Fsp3) is 0.455. The minimum atomic E-state index is -2.78. The molecule has 1 nitrogen and oxygen atoms in total. The van der Waals surface area contributed by atoms with Crippen molar-refractivity contribution in [2.24, 2.45) is 5.92 Å². The predicted molar refractivity (Wildman–Crippen MR) is 107 cm³/mol. The van der Waals surface area contributed by atoms with Crippen LogP contribution in [0.1, 0.15) is 38.2 Å². The fourth-order valence-electron chi connectivity index (χ4n) is 4.17. The average Bonchev–Trinajstić information content (AvgIpc) is 2.62. The zero-order chi connectivity index (χ0) is 18.5. The monoisotopic (exact) mass is 374 g/mol. The molecule has 1 heterocycles. The van der Waals surface area contributed by atoms with Gasteiger partial charge in [-0.25, -0.2) is 0 Å². The lowest BCUT2D eigenvalue weighted by Crippen LogP contribution is -2.21. The molecule has 1 aliphatic rings. The zero-order valence-electron chi connectivity index (χ0n) is 15.6. The molecule has 0 atom stereocenters. The first-order valence-electron chi connectivity index (χ1n) is 9.66. The van der Waals surface area contributed by atoms with Crippen LogP contribution in [0.5, 0.6) is 5.75 Å². The highest BCUT2D eigenvalue weighted by Gasteiger charge is 2.23. The Labute approximate surface area is 157 Å². The van der Waals surface area contributed by atoms with Crippen LogP contribution in [0.4, 0.5) is 8.78 Å². The van der Waals surface area contributed by atoms with Crippen molar-refractivity contribution in [3.63, 3.8) is 0 Å². The van der Waals surface area contributed by atoms with Gasteiger partial charge in [-0.2, -0.15) is 8.78 Å². The third-order valence-corrected chi connectivity index (χ3v) is 9.36. The molecule has 26 heavy (non-hydrogen) atoms. The Bertz CT molecular complexity index is 674. The number of rotatable bonds is 6. The maximum Gasteiger partial charge on any atom is 0.387 e. The molecule has 1 saturated heterocycles. The van der Waals surface area contributed by atoms with E-state index in [9.17, 15) is 8.78 Å². The van der Waals surface area contributed by atoms with Crippen LogP contribution < -0.4 is 4.74 Å². The molecule has 1 aliphatic heterocycles. The molecule has 1 fully saturated rings. The highest BCUT2D eigenvalue weighted by atomic mass is 28.3. The molecule has 0 N–H and O–H groups in total. The van der Waals surface area contributed by atoms with Gasteiger partial charge in [0.15, 0.2) is 0 Å². The minimum absolute atomic E-state index is 0.197. The molecule has 0 aromatic heterocycles. The summed E-state index contributed by atoms with van der Waals surface area (Å²) in [6, 6.07) is 20.1. The Morgan fingerprint density at radius 2 is 1.46 bits per heavy atom. The topological polar surface area (TPSA) is 9.23 Å². The molecule has 3 rings (SSSR count). The van der Waals surface area contributed by atoms with E-state index in [1.165, 1.54) is 36.5 Å². The third kappa shape index (κ3) is 5.16. The van der Waals surface area contributed by atoms with Gasteiger partial charge in [-0.1, -0.05) is 68.4 Å². The number of ether oxygens (including phenoxy) is 1. The first kappa shape index (κ1) is 19.1. The van der Waals surface area contributed by atoms with Crippen molar-refractivity contribution in [3.05, 3.63) is 54.1 Å². The van der Waals surface area contributed by atoms with Gasteiger partial charge in [-0.05, 0) is 53.5 Å². The molecular formula is C22H28F2OSi. The van der Waals surface area contributed by atoms with Crippen LogP contribution in [-0.2, 0) is 0 Å². The van der Waals surface area contributed by atoms with Gasteiger partial charge >= 0.3 is 6.61 Å². The summed E-state index contributed by atoms with van der Waals surface area (Å²) in [5.41, 5.74) is 3.58. The summed E-state index contributed by atoms with van der Waals surface area (Å²) in [6.07, 6.45) is 2.70. The second-order valence-corrected chi connectivity index (χ2v) is 11.2. The highest BCUT2D eigenvalue weighted by Crippen LogP contribution is 2.36. The number of alkyl halides is 2. The van der Waals surface area contributed by atoms with Crippen LogP contribution in [0.25, 0.3) is 11.1 Å². The van der Waals surface area contributed by atoms with E-state index in [0.717, 1.165) is 17.0 Å². The van der Waals surface area contributed by atoms with Crippen LogP contribution in [-0.4, -0.2) is 15.4 Å². The van der Waals surface area contributed by atoms with E-state index in [2.05, 4.69) is 42.8 Å². The van der Waals surface area contributed by atoms with Gasteiger partial charge in [0.1, 0.15) is 5.75 Å². The molecule has 2 aromatic carbocycles. The molecule has 0 bridgehead atoms. The van der Waals surface area contributed by atoms with Crippen LogP contribution in [0.15, 0.2) is 48.5 Å². The summed E-state index contributed by atoms with van der Waals surface area (Å²) in [5.74, 6) is 1.77. The third-order valence-electron chi connectivity index (χ3n) is 5.45. The van der Waals surface area contributed by atoms with Crippen molar-refractivity contribution in [2.75, 3.05) is 0 Å². The predicted octanol–water partition coefficient (Wildman–Crippen LogP) is 6.72. The molecule has 0 amide bonds. The molecule has 140 valence electrons. The van der Waals surface area contributed by atoms with Gasteiger partial charge in [0.2, 0.25) is 0 Å². The summed E-state index contributed by atoms with van der Waals surface area (Å²) in [7, 11) is -0.486. The van der Waals surface area contributed by atoms with E-state index in [4.69, 9.17) is 0 Å². The second kappa shape index (κ2) is 8.80. The number of hydrogen-bond acceptors (Lipinski definition) is 1. The lowest BCUT2D eigenvalue weighted by atomic mass is 9.92. The fourth-order valence-corrected chi connectivity index (χ4v) is 8.02. The molecule has 0 aliphatic carbocycles. The molecule has 0 saturated carbocycles. The van der Waals surface area contributed by atoms with E-state index in [1.54, 1.807) is 12.1 Å². The minimum Gasteiger partial charge on any atom is -0.435 e. The van der Waals surface area contributed by atoms with Gasteiger partial charge in [-0.15, -0.1) is 0 Å². The highest BCUT2D eigenvalue weighted by molar-refractivity contribution is 6.59. The maximum absolute atomic E-state index is 12.2. The lowest BCUT2D eigenvalue weighted by Gasteiger charge is -2.29. The first-order chi connectivity index (χ1) is 12.5. The van der Waals surface area contributed by atoms with Gasteiger partial charge in [0.05, 0.1) is 0 Å². The van der Waals surface area contributed by atoms with Crippen LogP contribution in [0.3, 0.4) is 0 Å². The Morgan fingerprint density at radius 1 is 0.923 bits per heavy atom. The second-order valence-electron chi connectivity index (χ2n) is 7.87. The molecule has 2 aromatic rings. The largest absolute Gasteiger partial charge is 0.435 e. The summed E-state index contributed by atoms with van der Waals surface area (Å²) >= 11 is 0. The smallest absolute Gasteiger partial charge is 0.387 e. The lowest BCUT2D eigenvalue weighted by molar-refractivity contribution is -0.0498. The molecular weight excluding hydrogens is 346 g/mol. The Hall–Kier alpha value is -1.68. The summed E-state index contributed by atoms with van der Waals surface area (Å²) < 4.78 is 28.9. The number of hydrogen-bond donors (Lipinski definition) is 0. The number of benzene rings is 2. The van der Waals surface area contributed by atoms with Crippen molar-refractivity contribution in [2.45, 2.75) is 57.4 Å². The van der Waals surface area contributed by atoms with E-state index in [0.29, 0.717) is 5.92 Å². The van der Waals surface area contributed by atoms with Crippen molar-refractivity contribution in [1.29, 1.82) is 0 Å². The molecule has 4 heteroatoms. The molecule has 0 radical (unpaired) electrons. The van der Waals surface area contributed by atoms with E-state index in [1.807, 2.05) is 12.1 Å². The van der Waals surface area contributed by atoms with Gasteiger partial charge in [0.25, 0.3) is 0 Å². The van der Waals surface area contributed by atoms with Gasteiger partial charge < -0.3 is 4.74 Å². The Kier molecular flexibility index (Phi) is 6.46. The van der Waals surface area contributed by atoms with Gasteiger partial charge in [-0.3, -0.25) is 0 Å². The molecule has 0 unspecified atom stereocenters. The van der Waals surface area contributed by atoms with Crippen LogP contribution in [0.2, 0.25) is 18.1 Å². The van der Waals surface area contributed by atoms with Crippen molar-refractivity contribution >= 4 is 8.80 Å². The number of halogens is 2. The van der Waals surface area contributed by atoms with Crippen molar-refractivity contribution in [3.8, 4) is 16.9 Å². The Balaban J connectivity index is 1.60. The average molecular weight is 375 g/mol.